The fourth-order valence-electron chi connectivity index (χ4n) is 2.79. The van der Waals surface area contributed by atoms with Crippen LogP contribution in [0.1, 0.15) is 18.9 Å². The number of oxazole rings is 1. The summed E-state index contributed by atoms with van der Waals surface area (Å²) in [4.78, 5) is 15.9. The number of benzene rings is 2. The van der Waals surface area contributed by atoms with Gasteiger partial charge in [0.2, 0.25) is 11.8 Å². The van der Waals surface area contributed by atoms with Gasteiger partial charge in [0, 0.05) is 23.5 Å². The quantitative estimate of drug-likeness (QED) is 0.789. The van der Waals surface area contributed by atoms with Crippen LogP contribution in [0.3, 0.4) is 0 Å². The van der Waals surface area contributed by atoms with Crippen LogP contribution in [-0.2, 0) is 4.79 Å². The molecule has 5 heteroatoms. The van der Waals surface area contributed by atoms with Crippen molar-refractivity contribution in [3.05, 3.63) is 54.1 Å². The minimum Gasteiger partial charge on any atom is -0.436 e. The van der Waals surface area contributed by atoms with Crippen LogP contribution < -0.4 is 5.43 Å². The number of rotatable bonds is 2. The summed E-state index contributed by atoms with van der Waals surface area (Å²) in [5, 5.41) is 4.19. The number of hydrogen-bond donors (Lipinski definition) is 1. The maximum absolute atomic E-state index is 11.4. The third-order valence-electron chi connectivity index (χ3n) is 3.96. The molecule has 114 valence electrons. The largest absolute Gasteiger partial charge is 0.436 e. The second kappa shape index (κ2) is 5.35. The Morgan fingerprint density at radius 2 is 1.96 bits per heavy atom. The van der Waals surface area contributed by atoms with Crippen molar-refractivity contribution < 1.29 is 9.21 Å². The summed E-state index contributed by atoms with van der Waals surface area (Å²) in [6.45, 7) is 2.00. The molecular weight excluding hydrogens is 290 g/mol. The maximum Gasteiger partial charge on any atom is 0.240 e. The highest BCUT2D eigenvalue weighted by Gasteiger charge is 2.22. The van der Waals surface area contributed by atoms with Crippen molar-refractivity contribution >= 4 is 22.7 Å². The van der Waals surface area contributed by atoms with E-state index >= 15 is 0 Å². The van der Waals surface area contributed by atoms with Crippen LogP contribution in [0.2, 0.25) is 0 Å². The van der Waals surface area contributed by atoms with E-state index in [9.17, 15) is 4.79 Å². The lowest BCUT2D eigenvalue weighted by atomic mass is 9.94. The zero-order valence-electron chi connectivity index (χ0n) is 12.6. The van der Waals surface area contributed by atoms with E-state index in [4.69, 9.17) is 4.42 Å². The van der Waals surface area contributed by atoms with E-state index in [0.29, 0.717) is 17.9 Å². The summed E-state index contributed by atoms with van der Waals surface area (Å²) in [6, 6.07) is 15.6. The standard InChI is InChI=1S/C18H15N3O2/c1-11-9-16(22)20-21-17(11)13-7-8-14-15(10-13)23-18(19-14)12-5-3-2-4-6-12/h2-8,10-11H,9H2,1H3,(H,20,22)/t11-/m0/s1. The van der Waals surface area contributed by atoms with E-state index in [1.165, 1.54) is 0 Å². The van der Waals surface area contributed by atoms with Crippen molar-refractivity contribution in [2.24, 2.45) is 11.0 Å². The monoisotopic (exact) mass is 305 g/mol. The summed E-state index contributed by atoms with van der Waals surface area (Å²) in [7, 11) is 0. The Morgan fingerprint density at radius 3 is 2.74 bits per heavy atom. The van der Waals surface area contributed by atoms with Crippen LogP contribution >= 0.6 is 0 Å². The van der Waals surface area contributed by atoms with Gasteiger partial charge < -0.3 is 4.42 Å². The van der Waals surface area contributed by atoms with E-state index in [1.807, 2.05) is 55.5 Å². The van der Waals surface area contributed by atoms with Gasteiger partial charge >= 0.3 is 0 Å². The molecule has 0 spiro atoms. The van der Waals surface area contributed by atoms with Gasteiger partial charge in [0.25, 0.3) is 0 Å². The van der Waals surface area contributed by atoms with E-state index in [2.05, 4.69) is 15.5 Å². The van der Waals surface area contributed by atoms with Crippen LogP contribution in [0, 0.1) is 5.92 Å². The summed E-state index contributed by atoms with van der Waals surface area (Å²) < 4.78 is 5.89. The fourth-order valence-corrected chi connectivity index (χ4v) is 2.79. The second-order valence-corrected chi connectivity index (χ2v) is 5.70. The predicted molar refractivity (Wildman–Crippen MR) is 87.9 cm³/mol. The number of carbonyl (C=O) groups is 1. The molecule has 0 radical (unpaired) electrons. The summed E-state index contributed by atoms with van der Waals surface area (Å²) in [6.07, 6.45) is 0.447. The predicted octanol–water partition coefficient (Wildman–Crippen LogP) is 3.35. The Kier molecular flexibility index (Phi) is 3.19. The number of nitrogens with zero attached hydrogens (tertiary/aromatic N) is 2. The van der Waals surface area contributed by atoms with Crippen LogP contribution in [0.25, 0.3) is 22.6 Å². The molecule has 1 N–H and O–H groups in total. The Balaban J connectivity index is 1.75. The molecule has 4 rings (SSSR count). The van der Waals surface area contributed by atoms with Gasteiger partial charge in [-0.3, -0.25) is 4.79 Å². The molecule has 23 heavy (non-hydrogen) atoms. The van der Waals surface area contributed by atoms with Gasteiger partial charge in [-0.15, -0.1) is 0 Å². The summed E-state index contributed by atoms with van der Waals surface area (Å²) in [5.41, 5.74) is 6.82. The molecule has 1 aliphatic rings. The summed E-state index contributed by atoms with van der Waals surface area (Å²) in [5.74, 6) is 0.635. The van der Waals surface area contributed by atoms with Crippen LogP contribution in [0.15, 0.2) is 58.0 Å². The van der Waals surface area contributed by atoms with Crippen LogP contribution in [0.5, 0.6) is 0 Å². The zero-order valence-corrected chi connectivity index (χ0v) is 12.6. The molecule has 0 bridgehead atoms. The molecule has 0 saturated heterocycles. The highest BCUT2D eigenvalue weighted by molar-refractivity contribution is 6.07. The van der Waals surface area contributed by atoms with Crippen molar-refractivity contribution in [2.45, 2.75) is 13.3 Å². The molecule has 5 nitrogen and oxygen atoms in total. The lowest BCUT2D eigenvalue weighted by molar-refractivity contribution is -0.121. The Hall–Kier alpha value is -2.95. The fraction of sp³-hybridized carbons (Fsp3) is 0.167. The SMILES string of the molecule is C[C@H]1CC(=O)NN=C1c1ccc2nc(-c3ccccc3)oc2c1. The van der Waals surface area contributed by atoms with Gasteiger partial charge in [0.05, 0.1) is 5.71 Å². The summed E-state index contributed by atoms with van der Waals surface area (Å²) >= 11 is 0. The normalized spacial score (nSPS) is 17.9. The van der Waals surface area contributed by atoms with Gasteiger partial charge in [-0.25, -0.2) is 10.4 Å². The number of aromatic nitrogens is 1. The molecule has 0 unspecified atom stereocenters. The lowest BCUT2D eigenvalue weighted by Gasteiger charge is -2.18. The van der Waals surface area contributed by atoms with Crippen molar-refractivity contribution in [3.63, 3.8) is 0 Å². The average Bonchev–Trinajstić information content (AvgIpc) is 2.99. The number of hydrogen-bond acceptors (Lipinski definition) is 4. The number of carbonyl (C=O) groups excluding carboxylic acids is 1. The zero-order chi connectivity index (χ0) is 15.8. The maximum atomic E-state index is 11.4. The molecule has 1 amide bonds. The van der Waals surface area contributed by atoms with Gasteiger partial charge in [-0.05, 0) is 24.3 Å². The van der Waals surface area contributed by atoms with E-state index in [0.717, 1.165) is 22.4 Å². The number of nitrogens with one attached hydrogen (secondary N) is 1. The lowest BCUT2D eigenvalue weighted by Crippen LogP contribution is -2.31. The minimum atomic E-state index is -0.0478. The van der Waals surface area contributed by atoms with Crippen molar-refractivity contribution in [3.8, 4) is 11.5 Å². The average molecular weight is 305 g/mol. The van der Waals surface area contributed by atoms with Gasteiger partial charge in [0.1, 0.15) is 5.52 Å². The first-order valence-corrected chi connectivity index (χ1v) is 7.53. The Labute approximate surface area is 133 Å². The molecule has 2 heterocycles. The van der Waals surface area contributed by atoms with Gasteiger partial charge in [-0.1, -0.05) is 31.2 Å². The third-order valence-corrected chi connectivity index (χ3v) is 3.96. The number of hydrazone groups is 1. The molecule has 1 aliphatic heterocycles. The van der Waals surface area contributed by atoms with Gasteiger partial charge in [-0.2, -0.15) is 5.10 Å². The van der Waals surface area contributed by atoms with E-state index in [-0.39, 0.29) is 11.8 Å². The van der Waals surface area contributed by atoms with Crippen LogP contribution in [-0.4, -0.2) is 16.6 Å². The second-order valence-electron chi connectivity index (χ2n) is 5.70. The van der Waals surface area contributed by atoms with Crippen molar-refractivity contribution in [1.29, 1.82) is 0 Å². The molecule has 2 aromatic carbocycles. The first-order valence-electron chi connectivity index (χ1n) is 7.53. The Morgan fingerprint density at radius 1 is 1.13 bits per heavy atom. The van der Waals surface area contributed by atoms with Crippen LogP contribution in [0.4, 0.5) is 0 Å². The van der Waals surface area contributed by atoms with E-state index < -0.39 is 0 Å². The highest BCUT2D eigenvalue weighted by atomic mass is 16.3. The molecule has 3 aromatic rings. The smallest absolute Gasteiger partial charge is 0.240 e. The number of amides is 1. The molecule has 0 saturated carbocycles. The first kappa shape index (κ1) is 13.7. The molecule has 0 fully saturated rings. The van der Waals surface area contributed by atoms with Crippen molar-refractivity contribution in [1.82, 2.24) is 10.4 Å². The van der Waals surface area contributed by atoms with Gasteiger partial charge in [0.15, 0.2) is 5.58 Å². The first-order chi connectivity index (χ1) is 11.2. The Bertz CT molecular complexity index is 912. The molecule has 1 aromatic heterocycles. The molecule has 0 aliphatic carbocycles. The molecular formula is C18H15N3O2. The highest BCUT2D eigenvalue weighted by Crippen LogP contribution is 2.26. The van der Waals surface area contributed by atoms with E-state index in [1.54, 1.807) is 0 Å². The molecule has 1 atom stereocenters. The minimum absolute atomic E-state index is 0.0478. The number of fused-ring (bicyclic) bond motifs is 1. The van der Waals surface area contributed by atoms with Crippen molar-refractivity contribution in [2.75, 3.05) is 0 Å². The topological polar surface area (TPSA) is 67.5 Å². The third kappa shape index (κ3) is 2.50.